The van der Waals surface area contributed by atoms with Crippen LogP contribution in [0.4, 0.5) is 5.69 Å². The Hall–Kier alpha value is -4.20. The summed E-state index contributed by atoms with van der Waals surface area (Å²) < 4.78 is 12.3. The van der Waals surface area contributed by atoms with E-state index in [9.17, 15) is 9.59 Å². The maximum absolute atomic E-state index is 13.2. The number of hydrogen-bond donors (Lipinski definition) is 2. The van der Waals surface area contributed by atoms with Crippen LogP contribution in [0, 0.1) is 0 Å². The third-order valence-corrected chi connectivity index (χ3v) is 8.05. The van der Waals surface area contributed by atoms with E-state index < -0.39 is 0 Å². The van der Waals surface area contributed by atoms with Gasteiger partial charge in [-0.05, 0) is 79.5 Å². The molecule has 4 aromatic carbocycles. The molecule has 1 heterocycles. The summed E-state index contributed by atoms with van der Waals surface area (Å²) in [6, 6.07) is 26.8. The lowest BCUT2D eigenvalue weighted by atomic mass is 10.1. The largest absolute Gasteiger partial charge is 0.493 e. The van der Waals surface area contributed by atoms with Crippen molar-refractivity contribution >= 4 is 43.1 Å². The van der Waals surface area contributed by atoms with Gasteiger partial charge in [0, 0.05) is 27.2 Å². The molecular weight excluding hydrogens is 508 g/mol. The number of ether oxygens (including phenoxy) is 2. The molecule has 0 aliphatic heterocycles. The highest BCUT2D eigenvalue weighted by molar-refractivity contribution is 7.24. The minimum absolute atomic E-state index is 0.0487. The molecule has 0 aliphatic carbocycles. The van der Waals surface area contributed by atoms with Gasteiger partial charge in [0.15, 0.2) is 16.9 Å². The second-order valence-electron chi connectivity index (χ2n) is 9.30. The number of rotatable bonds is 9. The number of hydrogen-bond acceptors (Lipinski definition) is 6. The molecule has 39 heavy (non-hydrogen) atoms. The molecule has 0 radical (unpaired) electrons. The van der Waals surface area contributed by atoms with Crippen LogP contribution < -0.4 is 25.5 Å². The first-order valence-corrected chi connectivity index (χ1v) is 13.6. The summed E-state index contributed by atoms with van der Waals surface area (Å²) in [5.74, 6) is 1.20. The van der Waals surface area contributed by atoms with E-state index in [1.807, 2.05) is 66.7 Å². The molecule has 0 bridgehead atoms. The SMILES string of the molecule is COc1ccc(C(C)NCCc2ccc(NC(=O)c3cccc4c(=O)c5ccccc5sc34)cc2)cc1OC. The van der Waals surface area contributed by atoms with Gasteiger partial charge in [0.25, 0.3) is 5.91 Å². The van der Waals surface area contributed by atoms with Gasteiger partial charge in [-0.2, -0.15) is 0 Å². The Bertz CT molecular complexity index is 1700. The van der Waals surface area contributed by atoms with E-state index in [1.54, 1.807) is 32.4 Å². The van der Waals surface area contributed by atoms with Gasteiger partial charge in [0.1, 0.15) is 0 Å². The standard InChI is InChI=1S/C32H30N2O4S/c1-20(22-13-16-27(37-2)28(19-22)38-3)33-18-17-21-11-14-23(15-12-21)34-32(36)26-9-6-8-25-30(35)24-7-4-5-10-29(24)39-31(25)26/h4-16,19-20,33H,17-18H2,1-3H3,(H,34,36). The Balaban J connectivity index is 1.23. The maximum atomic E-state index is 13.2. The van der Waals surface area contributed by atoms with Crippen LogP contribution in [-0.2, 0) is 6.42 Å². The Labute approximate surface area is 231 Å². The molecule has 5 aromatic rings. The smallest absolute Gasteiger partial charge is 0.257 e. The lowest BCUT2D eigenvalue weighted by molar-refractivity contribution is 0.102. The number of carbonyl (C=O) groups excluding carboxylic acids is 1. The predicted octanol–water partition coefficient (Wildman–Crippen LogP) is 6.58. The number of carbonyl (C=O) groups is 1. The van der Waals surface area contributed by atoms with Crippen molar-refractivity contribution in [2.24, 2.45) is 0 Å². The predicted molar refractivity (Wildman–Crippen MR) is 160 cm³/mol. The Kier molecular flexibility index (Phi) is 7.91. The number of benzene rings is 4. The topological polar surface area (TPSA) is 76.7 Å². The number of methoxy groups -OCH3 is 2. The first-order chi connectivity index (χ1) is 19.0. The van der Waals surface area contributed by atoms with Crippen molar-refractivity contribution in [3.05, 3.63) is 112 Å². The number of anilines is 1. The zero-order chi connectivity index (χ0) is 27.4. The molecule has 0 spiro atoms. The highest BCUT2D eigenvalue weighted by Gasteiger charge is 2.15. The molecule has 1 amide bonds. The van der Waals surface area contributed by atoms with Gasteiger partial charge in [-0.3, -0.25) is 9.59 Å². The van der Waals surface area contributed by atoms with Gasteiger partial charge in [-0.15, -0.1) is 11.3 Å². The van der Waals surface area contributed by atoms with E-state index in [4.69, 9.17) is 9.47 Å². The van der Waals surface area contributed by atoms with E-state index in [2.05, 4.69) is 17.6 Å². The molecule has 0 fully saturated rings. The molecule has 7 heteroatoms. The van der Waals surface area contributed by atoms with Gasteiger partial charge >= 0.3 is 0 Å². The van der Waals surface area contributed by atoms with Crippen molar-refractivity contribution in [3.63, 3.8) is 0 Å². The normalized spacial score (nSPS) is 11.9. The summed E-state index contributed by atoms with van der Waals surface area (Å²) in [4.78, 5) is 26.2. The summed E-state index contributed by atoms with van der Waals surface area (Å²) in [6.07, 6.45) is 0.843. The van der Waals surface area contributed by atoms with Crippen molar-refractivity contribution in [3.8, 4) is 11.5 Å². The molecular formula is C32H30N2O4S. The van der Waals surface area contributed by atoms with Crippen LogP contribution in [0.1, 0.15) is 34.5 Å². The fourth-order valence-corrected chi connectivity index (χ4v) is 5.81. The van der Waals surface area contributed by atoms with Crippen molar-refractivity contribution < 1.29 is 14.3 Å². The Morgan fingerprint density at radius 1 is 0.872 bits per heavy atom. The van der Waals surface area contributed by atoms with Crippen LogP contribution in [0.3, 0.4) is 0 Å². The van der Waals surface area contributed by atoms with Crippen LogP contribution in [0.15, 0.2) is 89.7 Å². The Morgan fingerprint density at radius 3 is 2.38 bits per heavy atom. The number of amides is 1. The van der Waals surface area contributed by atoms with E-state index >= 15 is 0 Å². The molecule has 198 valence electrons. The molecule has 1 atom stereocenters. The van der Waals surface area contributed by atoms with Crippen LogP contribution >= 0.6 is 11.3 Å². The lowest BCUT2D eigenvalue weighted by Crippen LogP contribution is -2.21. The van der Waals surface area contributed by atoms with Gasteiger partial charge < -0.3 is 20.1 Å². The van der Waals surface area contributed by atoms with E-state index in [-0.39, 0.29) is 17.4 Å². The minimum Gasteiger partial charge on any atom is -0.493 e. The Morgan fingerprint density at radius 2 is 1.62 bits per heavy atom. The number of nitrogens with one attached hydrogen (secondary N) is 2. The zero-order valence-electron chi connectivity index (χ0n) is 22.1. The van der Waals surface area contributed by atoms with Crippen molar-refractivity contribution in [2.75, 3.05) is 26.1 Å². The van der Waals surface area contributed by atoms with Crippen molar-refractivity contribution in [1.29, 1.82) is 0 Å². The van der Waals surface area contributed by atoms with Crippen molar-refractivity contribution in [2.45, 2.75) is 19.4 Å². The third kappa shape index (κ3) is 5.65. The van der Waals surface area contributed by atoms with Crippen LogP contribution in [0.25, 0.3) is 20.2 Å². The van der Waals surface area contributed by atoms with Gasteiger partial charge in [0.05, 0.1) is 24.5 Å². The van der Waals surface area contributed by atoms with Gasteiger partial charge in [0.2, 0.25) is 0 Å². The highest BCUT2D eigenvalue weighted by atomic mass is 32.1. The number of fused-ring (bicyclic) bond motifs is 2. The second-order valence-corrected chi connectivity index (χ2v) is 10.4. The molecule has 0 saturated heterocycles. The van der Waals surface area contributed by atoms with Crippen LogP contribution in [-0.4, -0.2) is 26.7 Å². The van der Waals surface area contributed by atoms with Gasteiger partial charge in [-0.25, -0.2) is 0 Å². The fourth-order valence-electron chi connectivity index (χ4n) is 4.63. The first kappa shape index (κ1) is 26.4. The monoisotopic (exact) mass is 538 g/mol. The van der Waals surface area contributed by atoms with E-state index in [0.29, 0.717) is 38.2 Å². The lowest BCUT2D eigenvalue weighted by Gasteiger charge is -2.16. The molecule has 2 N–H and O–H groups in total. The van der Waals surface area contributed by atoms with E-state index in [0.717, 1.165) is 28.8 Å². The zero-order valence-corrected chi connectivity index (χ0v) is 22.9. The fraction of sp³-hybridized carbons (Fsp3) is 0.188. The average molecular weight is 539 g/mol. The summed E-state index contributed by atoms with van der Waals surface area (Å²) in [7, 11) is 3.27. The summed E-state index contributed by atoms with van der Waals surface area (Å²) in [6.45, 7) is 2.91. The maximum Gasteiger partial charge on any atom is 0.257 e. The summed E-state index contributed by atoms with van der Waals surface area (Å²) >= 11 is 1.47. The van der Waals surface area contributed by atoms with Crippen molar-refractivity contribution in [1.82, 2.24) is 5.32 Å². The van der Waals surface area contributed by atoms with Gasteiger partial charge in [-0.1, -0.05) is 36.4 Å². The third-order valence-electron chi connectivity index (χ3n) is 6.83. The van der Waals surface area contributed by atoms with E-state index in [1.165, 1.54) is 11.3 Å². The quantitative estimate of drug-likeness (QED) is 0.207. The molecule has 1 unspecified atom stereocenters. The second kappa shape index (κ2) is 11.7. The highest BCUT2D eigenvalue weighted by Crippen LogP contribution is 2.30. The van der Waals surface area contributed by atoms with Crippen LogP contribution in [0.5, 0.6) is 11.5 Å². The molecule has 0 aliphatic rings. The minimum atomic E-state index is -0.232. The summed E-state index contributed by atoms with van der Waals surface area (Å²) in [5.41, 5.74) is 3.44. The molecule has 5 rings (SSSR count). The molecule has 0 saturated carbocycles. The van der Waals surface area contributed by atoms with Crippen LogP contribution in [0.2, 0.25) is 0 Å². The average Bonchev–Trinajstić information content (AvgIpc) is 2.97. The first-order valence-electron chi connectivity index (χ1n) is 12.8. The molecule has 6 nitrogen and oxygen atoms in total. The molecule has 1 aromatic heterocycles. The summed E-state index contributed by atoms with van der Waals surface area (Å²) in [5, 5.41) is 7.78.